The lowest BCUT2D eigenvalue weighted by atomic mass is 9.82. The monoisotopic (exact) mass is 458 g/mol. The molecule has 0 bridgehead atoms. The van der Waals surface area contributed by atoms with Crippen LogP contribution in [0.1, 0.15) is 57.1 Å². The van der Waals surface area contributed by atoms with Gasteiger partial charge in [0.2, 0.25) is 0 Å². The third-order valence-corrected chi connectivity index (χ3v) is 5.92. The average Bonchev–Trinajstić information content (AvgIpc) is 3.22. The molecule has 0 aromatic carbocycles. The van der Waals surface area contributed by atoms with Crippen molar-refractivity contribution in [3.63, 3.8) is 0 Å². The molecule has 25 heavy (non-hydrogen) atoms. The average molecular weight is 458 g/mol. The molecule has 6 nitrogen and oxygen atoms in total. The van der Waals surface area contributed by atoms with Gasteiger partial charge in [-0.3, -0.25) is 0 Å². The third kappa shape index (κ3) is 4.11. The smallest absolute Gasteiger partial charge is 0.194 e. The molecule has 140 valence electrons. The van der Waals surface area contributed by atoms with Crippen molar-refractivity contribution in [3.05, 3.63) is 11.6 Å². The third-order valence-electron chi connectivity index (χ3n) is 5.92. The standard InChI is InChI=1S/C18H30N6.HI/c1-2-19-18(23-12-14-7-3-4-8-15(14)13-23)20-11-17-22-21-16-9-5-6-10-24(16)17;/h14-15H,2-13H2,1H3,(H,19,20);1H. The van der Waals surface area contributed by atoms with Crippen molar-refractivity contribution >= 4 is 29.9 Å². The summed E-state index contributed by atoms with van der Waals surface area (Å²) in [6.07, 6.45) is 9.16. The van der Waals surface area contributed by atoms with Crippen LogP contribution in [0.15, 0.2) is 4.99 Å². The molecular formula is C18H31IN6. The van der Waals surface area contributed by atoms with E-state index in [0.717, 1.165) is 49.0 Å². The topological polar surface area (TPSA) is 58.3 Å². The van der Waals surface area contributed by atoms with E-state index in [1.807, 2.05) is 0 Å². The van der Waals surface area contributed by atoms with Crippen LogP contribution < -0.4 is 5.32 Å². The molecule has 1 N–H and O–H groups in total. The summed E-state index contributed by atoms with van der Waals surface area (Å²) in [4.78, 5) is 7.40. The quantitative estimate of drug-likeness (QED) is 0.430. The fraction of sp³-hybridized carbons (Fsp3) is 0.833. The highest BCUT2D eigenvalue weighted by Gasteiger charge is 2.35. The van der Waals surface area contributed by atoms with Crippen LogP contribution >= 0.6 is 24.0 Å². The molecule has 3 heterocycles. The molecule has 2 unspecified atom stereocenters. The predicted molar refractivity (Wildman–Crippen MR) is 110 cm³/mol. The number of nitrogens with zero attached hydrogens (tertiary/aromatic N) is 5. The minimum Gasteiger partial charge on any atom is -0.357 e. The lowest BCUT2D eigenvalue weighted by molar-refractivity contribution is 0.299. The molecule has 3 aliphatic rings. The SMILES string of the molecule is CCNC(=NCc1nnc2n1CCCC2)N1CC2CCCCC2C1.I. The van der Waals surface area contributed by atoms with Crippen molar-refractivity contribution in [2.75, 3.05) is 19.6 Å². The van der Waals surface area contributed by atoms with Crippen molar-refractivity contribution < 1.29 is 0 Å². The van der Waals surface area contributed by atoms with Gasteiger partial charge in [-0.1, -0.05) is 12.8 Å². The largest absolute Gasteiger partial charge is 0.357 e. The van der Waals surface area contributed by atoms with Gasteiger partial charge in [-0.2, -0.15) is 0 Å². The van der Waals surface area contributed by atoms with Gasteiger partial charge in [-0.05, 0) is 44.4 Å². The molecule has 0 amide bonds. The molecule has 2 aliphatic heterocycles. The maximum Gasteiger partial charge on any atom is 0.194 e. The maximum atomic E-state index is 4.91. The van der Waals surface area contributed by atoms with Crippen LogP contribution in [0, 0.1) is 11.8 Å². The zero-order chi connectivity index (χ0) is 16.4. The van der Waals surface area contributed by atoms with E-state index in [4.69, 9.17) is 4.99 Å². The van der Waals surface area contributed by atoms with E-state index in [9.17, 15) is 0 Å². The number of aliphatic imine (C=N–C) groups is 1. The Balaban J connectivity index is 0.00000182. The fourth-order valence-electron chi connectivity index (χ4n) is 4.64. The van der Waals surface area contributed by atoms with Crippen molar-refractivity contribution in [3.8, 4) is 0 Å². The van der Waals surface area contributed by atoms with Gasteiger partial charge in [0, 0.05) is 32.6 Å². The number of hydrogen-bond donors (Lipinski definition) is 1. The second-order valence-electron chi connectivity index (χ2n) is 7.52. The van der Waals surface area contributed by atoms with Crippen LogP contribution in [0.4, 0.5) is 0 Å². The molecule has 1 aliphatic carbocycles. The van der Waals surface area contributed by atoms with Gasteiger partial charge in [0.15, 0.2) is 11.8 Å². The summed E-state index contributed by atoms with van der Waals surface area (Å²) in [6.45, 7) is 7.11. The van der Waals surface area contributed by atoms with E-state index in [1.54, 1.807) is 0 Å². The maximum absolute atomic E-state index is 4.91. The molecular weight excluding hydrogens is 427 g/mol. The Kier molecular flexibility index (Phi) is 6.57. The Morgan fingerprint density at radius 3 is 2.60 bits per heavy atom. The zero-order valence-electron chi connectivity index (χ0n) is 15.3. The highest BCUT2D eigenvalue weighted by atomic mass is 127. The van der Waals surface area contributed by atoms with Gasteiger partial charge < -0.3 is 14.8 Å². The van der Waals surface area contributed by atoms with Crippen molar-refractivity contribution in [1.82, 2.24) is 25.0 Å². The molecule has 7 heteroatoms. The molecule has 1 aromatic rings. The molecule has 1 saturated heterocycles. The van der Waals surface area contributed by atoms with E-state index in [1.165, 1.54) is 51.6 Å². The van der Waals surface area contributed by atoms with Gasteiger partial charge in [-0.25, -0.2) is 4.99 Å². The second kappa shape index (κ2) is 8.68. The molecule has 1 saturated carbocycles. The number of guanidine groups is 1. The Morgan fingerprint density at radius 2 is 1.88 bits per heavy atom. The van der Waals surface area contributed by atoms with Crippen LogP contribution in [0.2, 0.25) is 0 Å². The molecule has 2 atom stereocenters. The Bertz CT molecular complexity index is 584. The minimum atomic E-state index is 0. The summed E-state index contributed by atoms with van der Waals surface area (Å²) in [5.41, 5.74) is 0. The van der Waals surface area contributed by atoms with Crippen molar-refractivity contribution in [1.29, 1.82) is 0 Å². The lowest BCUT2D eigenvalue weighted by Crippen LogP contribution is -2.40. The van der Waals surface area contributed by atoms with Gasteiger partial charge in [0.05, 0.1) is 0 Å². The lowest BCUT2D eigenvalue weighted by Gasteiger charge is -2.22. The van der Waals surface area contributed by atoms with E-state index in [-0.39, 0.29) is 24.0 Å². The Hall–Kier alpha value is -0.860. The number of nitrogens with one attached hydrogen (secondary N) is 1. The normalized spacial score (nSPS) is 26.0. The van der Waals surface area contributed by atoms with Gasteiger partial charge in [0.1, 0.15) is 12.4 Å². The van der Waals surface area contributed by atoms with E-state index in [0.29, 0.717) is 6.54 Å². The second-order valence-corrected chi connectivity index (χ2v) is 7.52. The summed E-state index contributed by atoms with van der Waals surface area (Å²) in [5, 5.41) is 12.2. The first kappa shape index (κ1) is 18.9. The summed E-state index contributed by atoms with van der Waals surface area (Å²) in [7, 11) is 0. The van der Waals surface area contributed by atoms with Crippen molar-refractivity contribution in [2.45, 2.75) is 65.0 Å². The van der Waals surface area contributed by atoms with Crippen LogP contribution in [0.5, 0.6) is 0 Å². The first-order chi connectivity index (χ1) is 11.8. The number of halogens is 1. The summed E-state index contributed by atoms with van der Waals surface area (Å²) in [6, 6.07) is 0. The highest BCUT2D eigenvalue weighted by Crippen LogP contribution is 2.36. The zero-order valence-corrected chi connectivity index (χ0v) is 17.6. The number of aryl methyl sites for hydroxylation is 1. The molecule has 2 fully saturated rings. The molecule has 0 radical (unpaired) electrons. The van der Waals surface area contributed by atoms with Crippen LogP contribution in [0.3, 0.4) is 0 Å². The Labute approximate surface area is 167 Å². The van der Waals surface area contributed by atoms with E-state index in [2.05, 4.69) is 31.9 Å². The fourth-order valence-corrected chi connectivity index (χ4v) is 4.64. The summed E-state index contributed by atoms with van der Waals surface area (Å²) < 4.78 is 2.28. The summed E-state index contributed by atoms with van der Waals surface area (Å²) in [5.74, 6) is 4.99. The first-order valence-electron chi connectivity index (χ1n) is 9.79. The van der Waals surface area contributed by atoms with E-state index >= 15 is 0 Å². The number of hydrogen-bond acceptors (Lipinski definition) is 3. The Morgan fingerprint density at radius 1 is 1.12 bits per heavy atom. The minimum absolute atomic E-state index is 0. The van der Waals surface area contributed by atoms with E-state index < -0.39 is 0 Å². The van der Waals surface area contributed by atoms with Gasteiger partial charge in [0.25, 0.3) is 0 Å². The molecule has 4 rings (SSSR count). The van der Waals surface area contributed by atoms with Crippen LogP contribution in [0.25, 0.3) is 0 Å². The van der Waals surface area contributed by atoms with Gasteiger partial charge in [-0.15, -0.1) is 34.2 Å². The van der Waals surface area contributed by atoms with Gasteiger partial charge >= 0.3 is 0 Å². The van der Waals surface area contributed by atoms with Crippen molar-refractivity contribution in [2.24, 2.45) is 16.8 Å². The predicted octanol–water partition coefficient (Wildman–Crippen LogP) is 2.82. The number of fused-ring (bicyclic) bond motifs is 2. The summed E-state index contributed by atoms with van der Waals surface area (Å²) >= 11 is 0. The van der Waals surface area contributed by atoms with Crippen LogP contribution in [-0.4, -0.2) is 45.3 Å². The highest BCUT2D eigenvalue weighted by molar-refractivity contribution is 14.0. The molecule has 1 aromatic heterocycles. The first-order valence-corrected chi connectivity index (χ1v) is 9.79. The number of likely N-dealkylation sites (tertiary alicyclic amines) is 1. The number of aromatic nitrogens is 3. The number of rotatable bonds is 3. The molecule has 0 spiro atoms. The van der Waals surface area contributed by atoms with Crippen LogP contribution in [-0.2, 0) is 19.5 Å².